The average molecular weight is 255 g/mol. The number of nitrogens with zero attached hydrogens (tertiary/aromatic N) is 5. The number of aromatic nitrogens is 5. The molecule has 0 radical (unpaired) electrons. The minimum absolute atomic E-state index is 0.156. The molecule has 3 aromatic heterocycles. The van der Waals surface area contributed by atoms with Crippen LogP contribution in [-0.2, 0) is 0 Å². The van der Waals surface area contributed by atoms with Gasteiger partial charge >= 0.3 is 0 Å². The quantitative estimate of drug-likeness (QED) is 0.642. The lowest BCUT2D eigenvalue weighted by Gasteiger charge is -2.03. The minimum Gasteiger partial charge on any atom is -0.479 e. The first-order chi connectivity index (χ1) is 9.31. The van der Waals surface area contributed by atoms with Crippen LogP contribution in [0.1, 0.15) is 16.1 Å². The molecule has 7 heteroatoms. The van der Waals surface area contributed by atoms with Gasteiger partial charge in [-0.3, -0.25) is 9.78 Å². The molecule has 0 aromatic carbocycles. The topological polar surface area (TPSA) is 82.3 Å². The van der Waals surface area contributed by atoms with Gasteiger partial charge in [-0.2, -0.15) is 5.10 Å². The van der Waals surface area contributed by atoms with Gasteiger partial charge in [-0.1, -0.05) is 0 Å². The number of methoxy groups -OCH3 is 1. The molecule has 0 aliphatic rings. The molecule has 0 saturated carbocycles. The highest BCUT2D eigenvalue weighted by Gasteiger charge is 2.20. The molecule has 0 aliphatic carbocycles. The van der Waals surface area contributed by atoms with Crippen LogP contribution in [-0.4, -0.2) is 37.5 Å². The molecule has 7 nitrogen and oxygen atoms in total. The van der Waals surface area contributed by atoms with E-state index in [1.165, 1.54) is 25.7 Å². The maximum atomic E-state index is 12.4. The van der Waals surface area contributed by atoms with Crippen molar-refractivity contribution in [1.82, 2.24) is 24.6 Å². The van der Waals surface area contributed by atoms with Crippen LogP contribution in [0, 0.1) is 0 Å². The molecule has 94 valence electrons. The number of rotatable bonds is 3. The molecule has 0 saturated heterocycles. The van der Waals surface area contributed by atoms with Crippen molar-refractivity contribution in [3.8, 4) is 5.88 Å². The van der Waals surface area contributed by atoms with Crippen LogP contribution in [0.3, 0.4) is 0 Å². The molecule has 0 atom stereocenters. The van der Waals surface area contributed by atoms with E-state index in [2.05, 4.69) is 20.1 Å². The lowest BCUT2D eigenvalue weighted by Crippen LogP contribution is -2.07. The van der Waals surface area contributed by atoms with Crippen molar-refractivity contribution in [2.75, 3.05) is 7.11 Å². The third-order valence-electron chi connectivity index (χ3n) is 2.64. The normalized spacial score (nSPS) is 10.6. The van der Waals surface area contributed by atoms with Gasteiger partial charge in [0.05, 0.1) is 30.6 Å². The van der Waals surface area contributed by atoms with E-state index in [4.69, 9.17) is 4.74 Å². The Labute approximate surface area is 107 Å². The van der Waals surface area contributed by atoms with Crippen molar-refractivity contribution in [3.63, 3.8) is 0 Å². The number of fused-ring (bicyclic) bond motifs is 1. The Morgan fingerprint density at radius 1 is 1.21 bits per heavy atom. The highest BCUT2D eigenvalue weighted by molar-refractivity contribution is 6.12. The van der Waals surface area contributed by atoms with Gasteiger partial charge in [0.15, 0.2) is 5.69 Å². The number of ketones is 1. The number of carbonyl (C=O) groups is 1. The van der Waals surface area contributed by atoms with Crippen molar-refractivity contribution in [3.05, 3.63) is 48.4 Å². The van der Waals surface area contributed by atoms with E-state index in [1.807, 2.05) is 0 Å². The predicted molar refractivity (Wildman–Crippen MR) is 65.0 cm³/mol. The SMILES string of the molecule is COc1nccnc1C(=O)c1cnn2ccncc12. The fourth-order valence-corrected chi connectivity index (χ4v) is 1.77. The maximum absolute atomic E-state index is 12.4. The van der Waals surface area contributed by atoms with Gasteiger partial charge in [-0.25, -0.2) is 14.5 Å². The zero-order chi connectivity index (χ0) is 13.2. The van der Waals surface area contributed by atoms with Crippen LogP contribution in [0.5, 0.6) is 5.88 Å². The summed E-state index contributed by atoms with van der Waals surface area (Å²) in [7, 11) is 1.44. The lowest BCUT2D eigenvalue weighted by molar-refractivity contribution is 0.103. The summed E-state index contributed by atoms with van der Waals surface area (Å²) < 4.78 is 6.61. The van der Waals surface area contributed by atoms with Gasteiger partial charge < -0.3 is 4.74 Å². The minimum atomic E-state index is -0.298. The first-order valence-corrected chi connectivity index (χ1v) is 5.48. The number of hydrogen-bond donors (Lipinski definition) is 0. The first-order valence-electron chi connectivity index (χ1n) is 5.48. The van der Waals surface area contributed by atoms with E-state index in [9.17, 15) is 4.79 Å². The second-order valence-corrected chi connectivity index (χ2v) is 3.71. The molecular formula is C12H9N5O2. The molecule has 0 bridgehead atoms. The Balaban J connectivity index is 2.14. The van der Waals surface area contributed by atoms with Crippen molar-refractivity contribution in [1.29, 1.82) is 0 Å². The van der Waals surface area contributed by atoms with Crippen LogP contribution >= 0.6 is 0 Å². The van der Waals surface area contributed by atoms with Gasteiger partial charge in [0.1, 0.15) is 0 Å². The van der Waals surface area contributed by atoms with Gasteiger partial charge in [-0.05, 0) is 0 Å². The Kier molecular flexibility index (Phi) is 2.64. The predicted octanol–water partition coefficient (Wildman–Crippen LogP) is 0.759. The molecule has 0 spiro atoms. The Morgan fingerprint density at radius 2 is 2.05 bits per heavy atom. The zero-order valence-corrected chi connectivity index (χ0v) is 10.0. The third-order valence-corrected chi connectivity index (χ3v) is 2.64. The monoisotopic (exact) mass is 255 g/mol. The fourth-order valence-electron chi connectivity index (χ4n) is 1.77. The van der Waals surface area contributed by atoms with Gasteiger partial charge in [0.25, 0.3) is 0 Å². The second-order valence-electron chi connectivity index (χ2n) is 3.71. The van der Waals surface area contributed by atoms with Gasteiger partial charge in [0.2, 0.25) is 11.7 Å². The molecule has 0 amide bonds. The third kappa shape index (κ3) is 1.81. The summed E-state index contributed by atoms with van der Waals surface area (Å²) in [6, 6.07) is 0. The first kappa shape index (κ1) is 11.3. The van der Waals surface area contributed by atoms with Gasteiger partial charge in [0, 0.05) is 24.8 Å². The van der Waals surface area contributed by atoms with E-state index in [0.29, 0.717) is 11.1 Å². The van der Waals surface area contributed by atoms with Gasteiger partial charge in [-0.15, -0.1) is 0 Å². The fraction of sp³-hybridized carbons (Fsp3) is 0.0833. The molecule has 0 N–H and O–H groups in total. The largest absolute Gasteiger partial charge is 0.479 e. The van der Waals surface area contributed by atoms with Crippen molar-refractivity contribution >= 4 is 11.3 Å². The summed E-state index contributed by atoms with van der Waals surface area (Å²) in [5, 5.41) is 4.09. The van der Waals surface area contributed by atoms with E-state index in [-0.39, 0.29) is 17.4 Å². The lowest BCUT2D eigenvalue weighted by atomic mass is 10.1. The molecular weight excluding hydrogens is 246 g/mol. The van der Waals surface area contributed by atoms with Crippen LogP contribution in [0.25, 0.3) is 5.52 Å². The number of ether oxygens (including phenoxy) is 1. The molecule has 19 heavy (non-hydrogen) atoms. The second kappa shape index (κ2) is 4.45. The van der Waals surface area contributed by atoms with E-state index in [0.717, 1.165) is 0 Å². The summed E-state index contributed by atoms with van der Waals surface area (Å²) in [6.45, 7) is 0. The van der Waals surface area contributed by atoms with Crippen LogP contribution in [0.15, 0.2) is 37.2 Å². The molecule has 3 aromatic rings. The number of hydrogen-bond acceptors (Lipinski definition) is 6. The van der Waals surface area contributed by atoms with Crippen molar-refractivity contribution in [2.45, 2.75) is 0 Å². The molecule has 3 heterocycles. The Bertz CT molecular complexity index is 752. The molecule has 0 unspecified atom stereocenters. The molecule has 0 aliphatic heterocycles. The van der Waals surface area contributed by atoms with E-state index in [1.54, 1.807) is 23.1 Å². The standard InChI is InChI=1S/C12H9N5O2/c1-19-12-10(14-2-3-15-12)11(18)8-6-16-17-5-4-13-7-9(8)17/h2-7H,1H3. The van der Waals surface area contributed by atoms with E-state index < -0.39 is 0 Å². The Morgan fingerprint density at radius 3 is 2.89 bits per heavy atom. The summed E-state index contributed by atoms with van der Waals surface area (Å²) in [6.07, 6.45) is 9.22. The Hall–Kier alpha value is -2.83. The summed E-state index contributed by atoms with van der Waals surface area (Å²) in [5.74, 6) is -0.108. The highest BCUT2D eigenvalue weighted by atomic mass is 16.5. The smallest absolute Gasteiger partial charge is 0.243 e. The number of carbonyl (C=O) groups excluding carboxylic acids is 1. The highest BCUT2D eigenvalue weighted by Crippen LogP contribution is 2.18. The summed E-state index contributed by atoms with van der Waals surface area (Å²) >= 11 is 0. The average Bonchev–Trinajstić information content (AvgIpc) is 2.90. The van der Waals surface area contributed by atoms with Crippen LogP contribution in [0.2, 0.25) is 0 Å². The summed E-state index contributed by atoms with van der Waals surface area (Å²) in [5.41, 5.74) is 1.18. The maximum Gasteiger partial charge on any atom is 0.243 e. The molecule has 3 rings (SSSR count). The van der Waals surface area contributed by atoms with Crippen LogP contribution in [0.4, 0.5) is 0 Å². The van der Waals surface area contributed by atoms with Crippen molar-refractivity contribution < 1.29 is 9.53 Å². The zero-order valence-electron chi connectivity index (χ0n) is 10.0. The van der Waals surface area contributed by atoms with Crippen molar-refractivity contribution in [2.24, 2.45) is 0 Å². The van der Waals surface area contributed by atoms with E-state index >= 15 is 0 Å². The molecule has 0 fully saturated rings. The summed E-state index contributed by atoms with van der Waals surface area (Å²) in [4.78, 5) is 24.4. The van der Waals surface area contributed by atoms with Crippen LogP contribution < -0.4 is 4.74 Å².